The number of pyridine rings is 2. The van der Waals surface area contributed by atoms with Crippen LogP contribution in [0.15, 0.2) is 36.8 Å². The fourth-order valence-electron chi connectivity index (χ4n) is 3.47. The predicted molar refractivity (Wildman–Crippen MR) is 107 cm³/mol. The molecule has 0 aromatic carbocycles. The van der Waals surface area contributed by atoms with Crippen LogP contribution in [0, 0.1) is 23.7 Å². The first-order valence-corrected chi connectivity index (χ1v) is 9.07. The Hall–Kier alpha value is -4.04. The molecule has 1 aliphatic heterocycles. The predicted octanol–water partition coefficient (Wildman–Crippen LogP) is 1.56. The number of fused-ring (bicyclic) bond motifs is 1. The highest BCUT2D eigenvalue weighted by Crippen LogP contribution is 2.31. The lowest BCUT2D eigenvalue weighted by molar-refractivity contribution is -0.125. The number of aromatic nitrogens is 3. The lowest BCUT2D eigenvalue weighted by atomic mass is 10.1. The van der Waals surface area contributed by atoms with Crippen LogP contribution in [0.2, 0.25) is 0 Å². The number of carbonyl (C=O) groups excluding carboxylic acids is 1. The molecule has 0 aliphatic carbocycles. The van der Waals surface area contributed by atoms with E-state index in [1.165, 1.54) is 6.20 Å². The smallest absolute Gasteiger partial charge is 0.298 e. The molecule has 0 unspecified atom stereocenters. The van der Waals surface area contributed by atoms with Gasteiger partial charge < -0.3 is 14.5 Å². The third-order valence-electron chi connectivity index (χ3n) is 5.02. The van der Waals surface area contributed by atoms with E-state index >= 15 is 0 Å². The first-order valence-electron chi connectivity index (χ1n) is 9.07. The molecule has 8 nitrogen and oxygen atoms in total. The van der Waals surface area contributed by atoms with E-state index < -0.39 is 0 Å². The summed E-state index contributed by atoms with van der Waals surface area (Å²) in [5.41, 5.74) is 2.88. The maximum Gasteiger partial charge on any atom is 0.298 e. The summed E-state index contributed by atoms with van der Waals surface area (Å²) in [6.45, 7) is 2.49. The van der Waals surface area contributed by atoms with Crippen LogP contribution in [-0.4, -0.2) is 58.7 Å². The molecular formula is C21H18N6O2. The third kappa shape index (κ3) is 3.32. The van der Waals surface area contributed by atoms with Crippen molar-refractivity contribution in [3.8, 4) is 35.3 Å². The normalized spacial score (nSPS) is 13.8. The van der Waals surface area contributed by atoms with Gasteiger partial charge in [0.2, 0.25) is 0 Å². The maximum atomic E-state index is 11.6. The zero-order chi connectivity index (χ0) is 20.4. The van der Waals surface area contributed by atoms with Gasteiger partial charge in [-0.05, 0) is 24.1 Å². The monoisotopic (exact) mass is 386 g/mol. The summed E-state index contributed by atoms with van der Waals surface area (Å²) in [6, 6.07) is 7.95. The SMILES string of the molecule is C#CC(=O)N1CCN(c2ccc(-c3cc(OC)cn4ncc(C#N)c34)cn2)CC1. The first-order chi connectivity index (χ1) is 14.1. The Morgan fingerprint density at radius 3 is 2.66 bits per heavy atom. The molecule has 0 saturated carbocycles. The van der Waals surface area contributed by atoms with Crippen molar-refractivity contribution in [1.82, 2.24) is 19.5 Å². The van der Waals surface area contributed by atoms with Gasteiger partial charge in [-0.25, -0.2) is 9.50 Å². The number of nitriles is 1. The van der Waals surface area contributed by atoms with E-state index in [1.807, 2.05) is 18.2 Å². The van der Waals surface area contributed by atoms with Crippen molar-refractivity contribution < 1.29 is 9.53 Å². The van der Waals surface area contributed by atoms with Gasteiger partial charge in [0.05, 0.1) is 30.6 Å². The van der Waals surface area contributed by atoms with E-state index in [0.717, 1.165) is 16.9 Å². The second-order valence-corrected chi connectivity index (χ2v) is 6.59. The molecule has 0 spiro atoms. The van der Waals surface area contributed by atoms with Crippen molar-refractivity contribution in [3.63, 3.8) is 0 Å². The molecule has 4 heterocycles. The fourth-order valence-corrected chi connectivity index (χ4v) is 3.47. The van der Waals surface area contributed by atoms with Gasteiger partial charge in [-0.15, -0.1) is 6.42 Å². The van der Waals surface area contributed by atoms with E-state index in [-0.39, 0.29) is 5.91 Å². The molecule has 1 amide bonds. The van der Waals surface area contributed by atoms with Crippen molar-refractivity contribution in [2.24, 2.45) is 0 Å². The molecular weight excluding hydrogens is 368 g/mol. The number of carbonyl (C=O) groups is 1. The van der Waals surface area contributed by atoms with Gasteiger partial charge in [0.15, 0.2) is 0 Å². The summed E-state index contributed by atoms with van der Waals surface area (Å²) >= 11 is 0. The highest BCUT2D eigenvalue weighted by Gasteiger charge is 2.21. The minimum Gasteiger partial charge on any atom is -0.495 e. The van der Waals surface area contributed by atoms with Crippen LogP contribution >= 0.6 is 0 Å². The maximum absolute atomic E-state index is 11.6. The van der Waals surface area contributed by atoms with Crippen molar-refractivity contribution in [2.75, 3.05) is 38.2 Å². The van der Waals surface area contributed by atoms with E-state index in [9.17, 15) is 10.1 Å². The minimum atomic E-state index is -0.274. The fraction of sp³-hybridized carbons (Fsp3) is 0.238. The van der Waals surface area contributed by atoms with Gasteiger partial charge in [-0.1, -0.05) is 0 Å². The summed E-state index contributed by atoms with van der Waals surface area (Å²) in [5.74, 6) is 3.35. The lowest BCUT2D eigenvalue weighted by Gasteiger charge is -2.34. The second-order valence-electron chi connectivity index (χ2n) is 6.59. The van der Waals surface area contributed by atoms with Crippen molar-refractivity contribution in [1.29, 1.82) is 5.26 Å². The van der Waals surface area contributed by atoms with Crippen LogP contribution in [0.25, 0.3) is 16.6 Å². The van der Waals surface area contributed by atoms with Gasteiger partial charge in [-0.2, -0.15) is 10.4 Å². The number of piperazine rings is 1. The highest BCUT2D eigenvalue weighted by molar-refractivity contribution is 5.93. The first kappa shape index (κ1) is 18.3. The van der Waals surface area contributed by atoms with Crippen molar-refractivity contribution in [3.05, 3.63) is 42.4 Å². The molecule has 1 saturated heterocycles. The van der Waals surface area contributed by atoms with Crippen LogP contribution in [0.1, 0.15) is 5.56 Å². The molecule has 0 bridgehead atoms. The van der Waals surface area contributed by atoms with E-state index in [1.54, 1.807) is 28.9 Å². The zero-order valence-corrected chi connectivity index (χ0v) is 15.9. The third-order valence-corrected chi connectivity index (χ3v) is 5.02. The molecule has 4 rings (SSSR count). The summed E-state index contributed by atoms with van der Waals surface area (Å²) in [5, 5.41) is 13.7. The Balaban J connectivity index is 1.62. The number of hydrogen-bond acceptors (Lipinski definition) is 6. The standard InChI is InChI=1S/C21H18N6O2/c1-3-20(28)26-8-6-25(7-9-26)19-5-4-15(12-23-19)18-10-17(29-2)14-27-21(18)16(11-22)13-24-27/h1,4-5,10,12-14H,6-9H2,2H3. The number of anilines is 1. The Morgan fingerprint density at radius 1 is 1.24 bits per heavy atom. The van der Waals surface area contributed by atoms with Crippen LogP contribution in [0.5, 0.6) is 5.75 Å². The van der Waals surface area contributed by atoms with Gasteiger partial charge in [0.25, 0.3) is 5.91 Å². The van der Waals surface area contributed by atoms with E-state index in [0.29, 0.717) is 43.0 Å². The average Bonchev–Trinajstić information content (AvgIpc) is 3.21. The number of nitrogens with zero attached hydrogens (tertiary/aromatic N) is 6. The number of terminal acetylenes is 1. The topological polar surface area (TPSA) is 86.8 Å². The van der Waals surface area contributed by atoms with Gasteiger partial charge in [-0.3, -0.25) is 4.79 Å². The highest BCUT2D eigenvalue weighted by atomic mass is 16.5. The van der Waals surface area contributed by atoms with Crippen molar-refractivity contribution in [2.45, 2.75) is 0 Å². The van der Waals surface area contributed by atoms with E-state index in [4.69, 9.17) is 11.2 Å². The summed E-state index contributed by atoms with van der Waals surface area (Å²) in [4.78, 5) is 20.0. The summed E-state index contributed by atoms with van der Waals surface area (Å²) in [7, 11) is 1.59. The molecule has 3 aromatic heterocycles. The molecule has 144 valence electrons. The zero-order valence-electron chi connectivity index (χ0n) is 15.9. The Bertz CT molecular complexity index is 1140. The van der Waals surface area contributed by atoms with Crippen LogP contribution in [0.4, 0.5) is 5.82 Å². The quantitative estimate of drug-likeness (QED) is 0.635. The molecule has 3 aromatic rings. The lowest BCUT2D eigenvalue weighted by Crippen LogP contribution is -2.48. The summed E-state index contributed by atoms with van der Waals surface area (Å²) < 4.78 is 7.01. The number of amides is 1. The number of rotatable bonds is 3. The van der Waals surface area contributed by atoms with Crippen LogP contribution in [0.3, 0.4) is 0 Å². The number of ether oxygens (including phenoxy) is 1. The largest absolute Gasteiger partial charge is 0.495 e. The summed E-state index contributed by atoms with van der Waals surface area (Å²) in [6.07, 6.45) is 10.2. The van der Waals surface area contributed by atoms with Gasteiger partial charge >= 0.3 is 0 Å². The Labute approximate surface area is 167 Å². The Morgan fingerprint density at radius 2 is 2.03 bits per heavy atom. The molecule has 1 aliphatic rings. The molecule has 0 atom stereocenters. The molecule has 29 heavy (non-hydrogen) atoms. The van der Waals surface area contributed by atoms with Crippen LogP contribution in [-0.2, 0) is 4.79 Å². The van der Waals surface area contributed by atoms with E-state index in [2.05, 4.69) is 27.0 Å². The molecule has 0 radical (unpaired) electrons. The van der Waals surface area contributed by atoms with Crippen molar-refractivity contribution >= 4 is 17.2 Å². The minimum absolute atomic E-state index is 0.274. The van der Waals surface area contributed by atoms with Gasteiger partial charge in [0.1, 0.15) is 17.6 Å². The van der Waals surface area contributed by atoms with Crippen LogP contribution < -0.4 is 9.64 Å². The number of methoxy groups -OCH3 is 1. The molecule has 0 N–H and O–H groups in total. The average molecular weight is 386 g/mol. The second kappa shape index (κ2) is 7.53. The van der Waals surface area contributed by atoms with Gasteiger partial charge in [0, 0.05) is 43.5 Å². The molecule has 8 heteroatoms. The molecule has 1 fully saturated rings. The number of hydrogen-bond donors (Lipinski definition) is 0. The Kier molecular flexibility index (Phi) is 4.76.